The average molecular weight is 485 g/mol. The van der Waals surface area contributed by atoms with Gasteiger partial charge in [0, 0.05) is 36.7 Å². The van der Waals surface area contributed by atoms with Gasteiger partial charge in [-0.05, 0) is 55.3 Å². The monoisotopic (exact) mass is 484 g/mol. The molecular formula is C23H25ClN6O4. The van der Waals surface area contributed by atoms with Crippen LogP contribution in [0.5, 0.6) is 5.75 Å². The average Bonchev–Trinajstić information content (AvgIpc) is 3.39. The molecule has 0 saturated carbocycles. The highest BCUT2D eigenvalue weighted by Gasteiger charge is 2.52. The van der Waals surface area contributed by atoms with Gasteiger partial charge in [-0.3, -0.25) is 18.9 Å². The molecule has 0 radical (unpaired) electrons. The molecule has 4 amide bonds. The summed E-state index contributed by atoms with van der Waals surface area (Å²) in [6.45, 7) is 0.775. The van der Waals surface area contributed by atoms with E-state index in [-0.39, 0.29) is 24.9 Å². The fourth-order valence-corrected chi connectivity index (χ4v) is 4.45. The van der Waals surface area contributed by atoms with Crippen molar-refractivity contribution in [3.05, 3.63) is 54.9 Å². The van der Waals surface area contributed by atoms with Gasteiger partial charge in [-0.25, -0.2) is 9.78 Å². The Morgan fingerprint density at radius 2 is 1.88 bits per heavy atom. The van der Waals surface area contributed by atoms with Crippen LogP contribution in [0.4, 0.5) is 16.4 Å². The molecule has 0 unspecified atom stereocenters. The summed E-state index contributed by atoms with van der Waals surface area (Å²) in [6.07, 6.45) is 4.59. The SMILES string of the molecule is COc1ccc(NC(=O)CN2C(=O)NC3(CCN(c4nccc5cccn45)CC3)C2=O)cc1.Cl. The van der Waals surface area contributed by atoms with Crippen molar-refractivity contribution in [1.29, 1.82) is 0 Å². The van der Waals surface area contributed by atoms with Gasteiger partial charge < -0.3 is 20.3 Å². The number of fused-ring (bicyclic) bond motifs is 1. The number of hydrogen-bond donors (Lipinski definition) is 2. The number of benzene rings is 1. The molecule has 0 atom stereocenters. The minimum atomic E-state index is -0.988. The summed E-state index contributed by atoms with van der Waals surface area (Å²) in [5.41, 5.74) is 0.612. The first-order valence-electron chi connectivity index (χ1n) is 10.7. The van der Waals surface area contributed by atoms with Crippen LogP contribution in [0.1, 0.15) is 12.8 Å². The topological polar surface area (TPSA) is 108 Å². The number of ether oxygens (including phenoxy) is 1. The summed E-state index contributed by atoms with van der Waals surface area (Å²) in [5, 5.41) is 5.55. The molecule has 3 aromatic rings. The number of halogens is 1. The van der Waals surface area contributed by atoms with Gasteiger partial charge in [-0.15, -0.1) is 12.4 Å². The van der Waals surface area contributed by atoms with E-state index in [0.29, 0.717) is 37.4 Å². The number of nitrogens with zero attached hydrogens (tertiary/aromatic N) is 4. The number of imide groups is 1. The molecule has 2 aromatic heterocycles. The molecule has 5 rings (SSSR count). The van der Waals surface area contributed by atoms with E-state index in [4.69, 9.17) is 4.74 Å². The molecule has 0 bridgehead atoms. The van der Waals surface area contributed by atoms with Gasteiger partial charge in [0.25, 0.3) is 5.91 Å². The zero-order valence-electron chi connectivity index (χ0n) is 18.6. The molecule has 0 aliphatic carbocycles. The molecule has 1 spiro atoms. The number of nitrogens with one attached hydrogen (secondary N) is 2. The quantitative estimate of drug-likeness (QED) is 0.538. The van der Waals surface area contributed by atoms with E-state index in [9.17, 15) is 14.4 Å². The standard InChI is InChI=1S/C23H24N6O4.ClH/c1-33-18-6-4-16(5-7-18)25-19(30)15-29-20(31)23(26-22(29)32)9-13-27(14-10-23)21-24-11-8-17-3-2-12-28(17)21;/h2-8,11-12H,9-10,13-15H2,1H3,(H,25,30)(H,26,32);1H. The highest BCUT2D eigenvalue weighted by atomic mass is 35.5. The first-order valence-corrected chi connectivity index (χ1v) is 10.7. The van der Waals surface area contributed by atoms with E-state index < -0.39 is 17.5 Å². The predicted molar refractivity (Wildman–Crippen MR) is 128 cm³/mol. The van der Waals surface area contributed by atoms with Crippen LogP contribution in [0.3, 0.4) is 0 Å². The number of anilines is 2. The second-order valence-electron chi connectivity index (χ2n) is 8.22. The Balaban J connectivity index is 0.00000274. The van der Waals surface area contributed by atoms with Gasteiger partial charge in [0.2, 0.25) is 11.9 Å². The fraction of sp³-hybridized carbons (Fsp3) is 0.304. The minimum absolute atomic E-state index is 0. The van der Waals surface area contributed by atoms with Gasteiger partial charge in [0.15, 0.2) is 0 Å². The van der Waals surface area contributed by atoms with Crippen molar-refractivity contribution in [1.82, 2.24) is 19.6 Å². The maximum Gasteiger partial charge on any atom is 0.325 e. The number of aromatic nitrogens is 2. The van der Waals surface area contributed by atoms with Gasteiger partial charge in [0.05, 0.1) is 7.11 Å². The molecule has 34 heavy (non-hydrogen) atoms. The summed E-state index contributed by atoms with van der Waals surface area (Å²) in [5.74, 6) is 0.671. The number of piperidine rings is 1. The van der Waals surface area contributed by atoms with Crippen LogP contribution in [0.15, 0.2) is 54.9 Å². The van der Waals surface area contributed by atoms with E-state index in [1.165, 1.54) is 0 Å². The number of amides is 4. The Hall–Kier alpha value is -3.79. The molecule has 1 aromatic carbocycles. The van der Waals surface area contributed by atoms with Gasteiger partial charge >= 0.3 is 6.03 Å². The Labute approximate surface area is 202 Å². The van der Waals surface area contributed by atoms with Crippen molar-refractivity contribution < 1.29 is 19.1 Å². The molecule has 178 valence electrons. The number of methoxy groups -OCH3 is 1. The molecule has 2 aliphatic rings. The summed E-state index contributed by atoms with van der Waals surface area (Å²) in [7, 11) is 1.56. The molecule has 2 N–H and O–H groups in total. The van der Waals surface area contributed by atoms with Crippen LogP contribution in [0.2, 0.25) is 0 Å². The van der Waals surface area contributed by atoms with E-state index in [1.807, 2.05) is 28.8 Å². The second-order valence-corrected chi connectivity index (χ2v) is 8.22. The smallest absolute Gasteiger partial charge is 0.325 e. The Kier molecular flexibility index (Phi) is 6.34. The molecule has 4 heterocycles. The van der Waals surface area contributed by atoms with Crippen LogP contribution < -0.4 is 20.3 Å². The van der Waals surface area contributed by atoms with Crippen molar-refractivity contribution in [2.24, 2.45) is 0 Å². The highest BCUT2D eigenvalue weighted by molar-refractivity contribution is 6.10. The number of hydrogen-bond acceptors (Lipinski definition) is 6. The Morgan fingerprint density at radius 3 is 2.59 bits per heavy atom. The minimum Gasteiger partial charge on any atom is -0.497 e. The van der Waals surface area contributed by atoms with E-state index in [1.54, 1.807) is 37.6 Å². The first-order chi connectivity index (χ1) is 16.0. The summed E-state index contributed by atoms with van der Waals surface area (Å²) < 4.78 is 7.10. The lowest BCUT2D eigenvalue weighted by Crippen LogP contribution is -2.55. The lowest BCUT2D eigenvalue weighted by Gasteiger charge is -2.37. The summed E-state index contributed by atoms with van der Waals surface area (Å²) in [6, 6.07) is 12.2. The maximum absolute atomic E-state index is 13.2. The van der Waals surface area contributed by atoms with Crippen molar-refractivity contribution >= 4 is 47.4 Å². The summed E-state index contributed by atoms with van der Waals surface area (Å²) in [4.78, 5) is 45.9. The van der Waals surface area contributed by atoms with Crippen molar-refractivity contribution in [3.63, 3.8) is 0 Å². The number of urea groups is 1. The molecule has 10 nitrogen and oxygen atoms in total. The molecule has 2 fully saturated rings. The second kappa shape index (κ2) is 9.22. The van der Waals surface area contributed by atoms with Crippen LogP contribution in [0.25, 0.3) is 5.52 Å². The van der Waals surface area contributed by atoms with Gasteiger partial charge in [-0.2, -0.15) is 0 Å². The number of rotatable bonds is 5. The van der Waals surface area contributed by atoms with Crippen LogP contribution in [-0.2, 0) is 9.59 Å². The zero-order chi connectivity index (χ0) is 23.0. The van der Waals surface area contributed by atoms with Crippen LogP contribution in [0, 0.1) is 0 Å². The van der Waals surface area contributed by atoms with Crippen molar-refractivity contribution in [2.45, 2.75) is 18.4 Å². The third kappa shape index (κ3) is 4.12. The van der Waals surface area contributed by atoms with Crippen LogP contribution in [-0.4, -0.2) is 64.4 Å². The largest absolute Gasteiger partial charge is 0.497 e. The number of carbonyl (C=O) groups is 3. The highest BCUT2D eigenvalue weighted by Crippen LogP contribution is 2.31. The van der Waals surface area contributed by atoms with E-state index >= 15 is 0 Å². The van der Waals surface area contributed by atoms with Crippen LogP contribution >= 0.6 is 12.4 Å². The fourth-order valence-electron chi connectivity index (χ4n) is 4.45. The zero-order valence-corrected chi connectivity index (χ0v) is 19.4. The van der Waals surface area contributed by atoms with E-state index in [0.717, 1.165) is 16.4 Å². The maximum atomic E-state index is 13.2. The third-order valence-corrected chi connectivity index (χ3v) is 6.25. The van der Waals surface area contributed by atoms with Crippen molar-refractivity contribution in [3.8, 4) is 5.75 Å². The normalized spacial score (nSPS) is 17.0. The predicted octanol–water partition coefficient (Wildman–Crippen LogP) is 2.29. The van der Waals surface area contributed by atoms with Gasteiger partial charge in [-0.1, -0.05) is 0 Å². The Morgan fingerprint density at radius 1 is 1.15 bits per heavy atom. The molecule has 2 aliphatic heterocycles. The third-order valence-electron chi connectivity index (χ3n) is 6.25. The summed E-state index contributed by atoms with van der Waals surface area (Å²) >= 11 is 0. The van der Waals surface area contributed by atoms with Gasteiger partial charge in [0.1, 0.15) is 17.8 Å². The Bertz CT molecular complexity index is 1220. The lowest BCUT2D eigenvalue weighted by atomic mass is 9.87. The first kappa shape index (κ1) is 23.4. The molecule has 2 saturated heterocycles. The molecule has 11 heteroatoms. The van der Waals surface area contributed by atoms with E-state index in [2.05, 4.69) is 20.5 Å². The van der Waals surface area contributed by atoms with Crippen molar-refractivity contribution in [2.75, 3.05) is 37.0 Å². The number of carbonyl (C=O) groups excluding carboxylic acids is 3. The lowest BCUT2D eigenvalue weighted by molar-refractivity contribution is -0.134. The molecular weight excluding hydrogens is 460 g/mol.